The second-order valence-electron chi connectivity index (χ2n) is 6.42. The molecule has 1 aliphatic rings. The Hall–Kier alpha value is -0.540. The van der Waals surface area contributed by atoms with E-state index in [4.69, 9.17) is 9.47 Å². The lowest BCUT2D eigenvalue weighted by Crippen LogP contribution is -2.42. The van der Waals surface area contributed by atoms with Crippen LogP contribution in [-0.2, 0) is 31.3 Å². The fourth-order valence-electron chi connectivity index (χ4n) is 2.20. The first-order valence-corrected chi connectivity index (χ1v) is 9.70. The summed E-state index contributed by atoms with van der Waals surface area (Å²) in [5, 5.41) is 2.34. The molecule has 1 aromatic rings. The van der Waals surface area contributed by atoms with Crippen molar-refractivity contribution in [2.75, 3.05) is 26.9 Å². The minimum atomic E-state index is -3.44. The highest BCUT2D eigenvalue weighted by Crippen LogP contribution is 2.24. The molecule has 2 rings (SSSR count). The monoisotopic (exact) mass is 348 g/mol. The van der Waals surface area contributed by atoms with Gasteiger partial charge in [0.1, 0.15) is 11.4 Å². The highest BCUT2D eigenvalue weighted by Gasteiger charge is 2.38. The van der Waals surface area contributed by atoms with Crippen LogP contribution in [0.1, 0.15) is 31.5 Å². The van der Waals surface area contributed by atoms with Gasteiger partial charge in [-0.3, -0.25) is 0 Å². The molecule has 0 radical (unpaired) electrons. The molecule has 2 atom stereocenters. The molecular weight excluding hydrogens is 324 g/mol. The van der Waals surface area contributed by atoms with Gasteiger partial charge in [0.2, 0.25) is 10.0 Å². The van der Waals surface area contributed by atoms with Crippen molar-refractivity contribution in [2.45, 2.75) is 44.0 Å². The Morgan fingerprint density at radius 1 is 1.45 bits per heavy atom. The lowest BCUT2D eigenvalue weighted by Gasteiger charge is -2.17. The van der Waals surface area contributed by atoms with Gasteiger partial charge in [-0.15, -0.1) is 11.3 Å². The third-order valence-corrected chi connectivity index (χ3v) is 6.39. The van der Waals surface area contributed by atoms with Gasteiger partial charge < -0.3 is 9.47 Å². The molecule has 0 aliphatic carbocycles. The smallest absolute Gasteiger partial charge is 0.219 e. The molecule has 0 bridgehead atoms. The molecule has 0 unspecified atom stereocenters. The van der Waals surface area contributed by atoms with Crippen molar-refractivity contribution in [3.05, 3.63) is 16.1 Å². The lowest BCUT2D eigenvalue weighted by atomic mass is 9.93. The van der Waals surface area contributed by atoms with Crippen LogP contribution in [0.25, 0.3) is 0 Å². The molecule has 1 aromatic heterocycles. The summed E-state index contributed by atoms with van der Waals surface area (Å²) in [5.41, 5.74) is 1.06. The fourth-order valence-corrected chi connectivity index (χ4v) is 4.69. The Kier molecular flexibility index (Phi) is 5.60. The Bertz CT molecular complexity index is 592. The van der Waals surface area contributed by atoms with Gasteiger partial charge in [0.25, 0.3) is 0 Å². The van der Waals surface area contributed by atoms with E-state index in [0.717, 1.165) is 10.7 Å². The highest BCUT2D eigenvalue weighted by molar-refractivity contribution is 7.90. The standard InChI is InChI=1S/C14H24N2O4S2/c1-14(2,3)12-9-21-13(16-12)5-6-15-22(17,18)11-8-20-7-10(11)19-4/h9-11,15H,5-8H2,1-4H3/t10-,11+/m0/s1. The van der Waals surface area contributed by atoms with Crippen molar-refractivity contribution in [3.63, 3.8) is 0 Å². The van der Waals surface area contributed by atoms with Crippen molar-refractivity contribution < 1.29 is 17.9 Å². The van der Waals surface area contributed by atoms with Gasteiger partial charge >= 0.3 is 0 Å². The van der Waals surface area contributed by atoms with E-state index in [1.54, 1.807) is 11.3 Å². The number of rotatable bonds is 6. The molecule has 1 fully saturated rings. The molecular formula is C14H24N2O4S2. The second-order valence-corrected chi connectivity index (χ2v) is 9.34. The Morgan fingerprint density at radius 2 is 2.18 bits per heavy atom. The van der Waals surface area contributed by atoms with Crippen LogP contribution in [0.15, 0.2) is 5.38 Å². The molecule has 0 amide bonds. The molecule has 1 saturated heterocycles. The van der Waals surface area contributed by atoms with E-state index in [1.807, 2.05) is 5.38 Å². The molecule has 0 saturated carbocycles. The average Bonchev–Trinajstić information content (AvgIpc) is 3.06. The number of hydrogen-bond acceptors (Lipinski definition) is 6. The summed E-state index contributed by atoms with van der Waals surface area (Å²) in [5.74, 6) is 0. The summed E-state index contributed by atoms with van der Waals surface area (Å²) < 4.78 is 37.5. The SMILES string of the molecule is CO[C@H]1COC[C@H]1S(=O)(=O)NCCc1nc(C(C)(C)C)cs1. The number of nitrogens with one attached hydrogen (secondary N) is 1. The molecule has 1 aliphatic heterocycles. The summed E-state index contributed by atoms with van der Waals surface area (Å²) >= 11 is 1.57. The number of thiazole rings is 1. The maximum atomic E-state index is 12.3. The van der Waals surface area contributed by atoms with Crippen molar-refractivity contribution in [2.24, 2.45) is 0 Å². The Labute approximate surface area is 136 Å². The molecule has 22 heavy (non-hydrogen) atoms. The minimum Gasteiger partial charge on any atom is -0.378 e. The zero-order valence-electron chi connectivity index (χ0n) is 13.5. The van der Waals surface area contributed by atoms with E-state index in [9.17, 15) is 8.42 Å². The second kappa shape index (κ2) is 6.92. The topological polar surface area (TPSA) is 77.5 Å². The quantitative estimate of drug-likeness (QED) is 0.839. The highest BCUT2D eigenvalue weighted by atomic mass is 32.2. The van der Waals surface area contributed by atoms with E-state index in [0.29, 0.717) is 19.6 Å². The zero-order valence-corrected chi connectivity index (χ0v) is 15.1. The first kappa shape index (κ1) is 17.8. The first-order valence-electron chi connectivity index (χ1n) is 7.28. The zero-order chi connectivity index (χ0) is 16.4. The minimum absolute atomic E-state index is 0.0150. The average molecular weight is 348 g/mol. The summed E-state index contributed by atoms with van der Waals surface area (Å²) in [6.07, 6.45) is 0.190. The van der Waals surface area contributed by atoms with E-state index in [-0.39, 0.29) is 12.0 Å². The molecule has 0 spiro atoms. The van der Waals surface area contributed by atoms with Crippen molar-refractivity contribution in [1.82, 2.24) is 9.71 Å². The van der Waals surface area contributed by atoms with Crippen LogP contribution in [0, 0.1) is 0 Å². The van der Waals surface area contributed by atoms with Gasteiger partial charge in [-0.1, -0.05) is 20.8 Å². The summed E-state index contributed by atoms with van der Waals surface area (Å²) in [7, 11) is -1.93. The van der Waals surface area contributed by atoms with Crippen molar-refractivity contribution in [1.29, 1.82) is 0 Å². The first-order chi connectivity index (χ1) is 10.2. The normalized spacial score (nSPS) is 23.1. The lowest BCUT2D eigenvalue weighted by molar-refractivity contribution is 0.0828. The third-order valence-electron chi connectivity index (χ3n) is 3.64. The van der Waals surface area contributed by atoms with Gasteiger partial charge in [-0.05, 0) is 0 Å². The number of hydrogen-bond donors (Lipinski definition) is 1. The molecule has 126 valence electrons. The largest absolute Gasteiger partial charge is 0.378 e. The Morgan fingerprint density at radius 3 is 2.77 bits per heavy atom. The van der Waals surface area contributed by atoms with E-state index in [2.05, 4.69) is 30.5 Å². The van der Waals surface area contributed by atoms with E-state index < -0.39 is 21.4 Å². The summed E-state index contributed by atoms with van der Waals surface area (Å²) in [6.45, 7) is 7.17. The fraction of sp³-hybridized carbons (Fsp3) is 0.786. The van der Waals surface area contributed by atoms with Gasteiger partial charge in [-0.2, -0.15) is 0 Å². The van der Waals surface area contributed by atoms with Crippen LogP contribution < -0.4 is 4.72 Å². The number of aromatic nitrogens is 1. The summed E-state index contributed by atoms with van der Waals surface area (Å²) in [4.78, 5) is 4.56. The van der Waals surface area contributed by atoms with Gasteiger partial charge in [0, 0.05) is 30.9 Å². The maximum absolute atomic E-state index is 12.3. The van der Waals surface area contributed by atoms with Crippen LogP contribution in [0.4, 0.5) is 0 Å². The van der Waals surface area contributed by atoms with Crippen LogP contribution in [0.3, 0.4) is 0 Å². The van der Waals surface area contributed by atoms with Crippen LogP contribution in [0.5, 0.6) is 0 Å². The van der Waals surface area contributed by atoms with Gasteiger partial charge in [0.15, 0.2) is 0 Å². The van der Waals surface area contributed by atoms with Crippen LogP contribution in [-0.4, -0.2) is 51.6 Å². The van der Waals surface area contributed by atoms with Crippen LogP contribution in [0.2, 0.25) is 0 Å². The van der Waals surface area contributed by atoms with Crippen molar-refractivity contribution in [3.8, 4) is 0 Å². The maximum Gasteiger partial charge on any atom is 0.219 e. The number of sulfonamides is 1. The molecule has 0 aromatic carbocycles. The third kappa shape index (κ3) is 4.26. The van der Waals surface area contributed by atoms with Crippen molar-refractivity contribution >= 4 is 21.4 Å². The van der Waals surface area contributed by atoms with Gasteiger partial charge in [0.05, 0.1) is 23.9 Å². The molecule has 6 nitrogen and oxygen atoms in total. The Balaban J connectivity index is 1.89. The predicted octanol–water partition coefficient (Wildman–Crippen LogP) is 1.32. The number of ether oxygens (including phenoxy) is 2. The number of methoxy groups -OCH3 is 1. The van der Waals surface area contributed by atoms with E-state index >= 15 is 0 Å². The van der Waals surface area contributed by atoms with E-state index in [1.165, 1.54) is 7.11 Å². The summed E-state index contributed by atoms with van der Waals surface area (Å²) in [6, 6.07) is 0. The molecule has 8 heteroatoms. The molecule has 1 N–H and O–H groups in total. The molecule has 2 heterocycles. The van der Waals surface area contributed by atoms with Crippen LogP contribution >= 0.6 is 11.3 Å². The predicted molar refractivity (Wildman–Crippen MR) is 86.8 cm³/mol. The number of nitrogens with zero attached hydrogens (tertiary/aromatic N) is 1. The van der Waals surface area contributed by atoms with Gasteiger partial charge in [-0.25, -0.2) is 18.1 Å².